The molecule has 0 saturated heterocycles. The van der Waals surface area contributed by atoms with Crippen LogP contribution >= 0.6 is 12.6 Å². The zero-order chi connectivity index (χ0) is 13.9. The molecule has 5 nitrogen and oxygen atoms in total. The Labute approximate surface area is 116 Å². The van der Waals surface area contributed by atoms with Gasteiger partial charge in [-0.15, -0.1) is 0 Å². The molecule has 0 spiro atoms. The van der Waals surface area contributed by atoms with E-state index in [1.807, 2.05) is 27.7 Å². The maximum atomic E-state index is 5.71. The van der Waals surface area contributed by atoms with E-state index in [1.54, 1.807) is 6.21 Å². The van der Waals surface area contributed by atoms with Crippen molar-refractivity contribution in [1.82, 2.24) is 0 Å². The first-order valence-electron chi connectivity index (χ1n) is 6.28. The minimum absolute atomic E-state index is 0.291. The van der Waals surface area contributed by atoms with Crippen LogP contribution in [-0.4, -0.2) is 52.6 Å². The summed E-state index contributed by atoms with van der Waals surface area (Å²) in [5.74, 6) is 0. The lowest BCUT2D eigenvalue weighted by Crippen LogP contribution is -2.55. The van der Waals surface area contributed by atoms with E-state index >= 15 is 0 Å². The van der Waals surface area contributed by atoms with Crippen molar-refractivity contribution in [3.8, 4) is 0 Å². The molecule has 0 saturated carbocycles. The van der Waals surface area contributed by atoms with Gasteiger partial charge in [-0.3, -0.25) is 4.99 Å². The highest BCUT2D eigenvalue weighted by Gasteiger charge is 2.47. The monoisotopic (exact) mass is 292 g/mol. The van der Waals surface area contributed by atoms with Gasteiger partial charge in [0.2, 0.25) is 0 Å². The van der Waals surface area contributed by atoms with E-state index in [0.29, 0.717) is 26.4 Å². The molecule has 0 heterocycles. The summed E-state index contributed by atoms with van der Waals surface area (Å²) < 4.78 is 17.1. The molecule has 0 bridgehead atoms. The first-order valence-corrected chi connectivity index (χ1v) is 8.60. The highest BCUT2D eigenvalue weighted by atomic mass is 32.1. The van der Waals surface area contributed by atoms with Gasteiger partial charge in [0.25, 0.3) is 0 Å². The Morgan fingerprint density at radius 2 is 1.56 bits per heavy atom. The van der Waals surface area contributed by atoms with Crippen molar-refractivity contribution in [1.29, 1.82) is 0 Å². The summed E-state index contributed by atoms with van der Waals surface area (Å²) in [6, 6.07) is 0. The fourth-order valence-electron chi connectivity index (χ4n) is 1.32. The zero-order valence-electron chi connectivity index (χ0n) is 11.6. The molecule has 1 unspecified atom stereocenters. The molecule has 0 aromatic rings. The summed E-state index contributed by atoms with van der Waals surface area (Å²) >= 11 is 4.49. The largest absolute Gasteiger partial charge is 0.520 e. The lowest BCUT2D eigenvalue weighted by molar-refractivity contribution is 0.0742. The Hall–Kier alpha value is -0.213. The molecule has 0 aliphatic heterocycles. The van der Waals surface area contributed by atoms with Gasteiger partial charge in [0.1, 0.15) is 11.2 Å². The second-order valence-corrected chi connectivity index (χ2v) is 7.00. The topological polar surface area (TPSA) is 52.4 Å². The Bertz CT molecular complexity index is 248. The van der Waals surface area contributed by atoms with Crippen molar-refractivity contribution in [3.05, 3.63) is 0 Å². The van der Waals surface area contributed by atoms with Crippen LogP contribution in [0.15, 0.2) is 9.98 Å². The first kappa shape index (κ1) is 17.8. The number of nitrogens with zero attached hydrogens (tertiary/aromatic N) is 2. The molecule has 0 rings (SSSR count). The van der Waals surface area contributed by atoms with Crippen LogP contribution in [0.3, 0.4) is 0 Å². The maximum absolute atomic E-state index is 5.71. The molecule has 1 atom stereocenters. The lowest BCUT2D eigenvalue weighted by Gasteiger charge is -2.30. The molecule has 0 aliphatic rings. The van der Waals surface area contributed by atoms with Crippen molar-refractivity contribution in [2.75, 3.05) is 26.4 Å². The standard InChI is InChI=1S/C11H24N2O3SSi/c1-5-12-10-13-9-11(17)18(14-6-2,15-7-3)16-8-4/h9-11,17H,5-8H2,1-4H3/b12-10+,13-9-. The molecule has 7 heteroatoms. The molecule has 18 heavy (non-hydrogen) atoms. The number of rotatable bonds is 10. The quantitative estimate of drug-likeness (QED) is 0.290. The minimum atomic E-state index is -2.81. The van der Waals surface area contributed by atoms with Crippen molar-refractivity contribution in [2.24, 2.45) is 9.98 Å². The van der Waals surface area contributed by atoms with Gasteiger partial charge in [0.15, 0.2) is 0 Å². The predicted octanol–water partition coefficient (Wildman–Crippen LogP) is 1.99. The van der Waals surface area contributed by atoms with Crippen molar-refractivity contribution < 1.29 is 13.3 Å². The SMILES string of the molecule is CC/N=C/N=C\C(S)[Si](OCC)(OCC)OCC. The third-order valence-electron chi connectivity index (χ3n) is 1.96. The second kappa shape index (κ2) is 10.7. The van der Waals surface area contributed by atoms with Crippen LogP contribution < -0.4 is 0 Å². The van der Waals surface area contributed by atoms with E-state index in [-0.39, 0.29) is 4.87 Å². The number of hydrogen-bond acceptors (Lipinski definition) is 5. The zero-order valence-corrected chi connectivity index (χ0v) is 13.5. The van der Waals surface area contributed by atoms with Gasteiger partial charge in [-0.05, 0) is 27.7 Å². The average Bonchev–Trinajstić information content (AvgIpc) is 2.35. The Morgan fingerprint density at radius 3 is 1.94 bits per heavy atom. The molecule has 0 radical (unpaired) electrons. The molecule has 0 aromatic heterocycles. The van der Waals surface area contributed by atoms with E-state index in [4.69, 9.17) is 13.3 Å². The number of aliphatic imine (C=N–C) groups is 2. The van der Waals surface area contributed by atoms with Gasteiger partial charge in [0, 0.05) is 32.6 Å². The van der Waals surface area contributed by atoms with E-state index in [1.165, 1.54) is 6.34 Å². The number of thiol groups is 1. The smallest absolute Gasteiger partial charge is 0.373 e. The van der Waals surface area contributed by atoms with E-state index in [2.05, 4.69) is 22.6 Å². The fourth-order valence-corrected chi connectivity index (χ4v) is 4.31. The summed E-state index contributed by atoms with van der Waals surface area (Å²) in [6.45, 7) is 9.98. The third-order valence-corrected chi connectivity index (χ3v) is 5.99. The second-order valence-electron chi connectivity index (χ2n) is 3.26. The van der Waals surface area contributed by atoms with Gasteiger partial charge >= 0.3 is 8.80 Å². The van der Waals surface area contributed by atoms with Crippen molar-refractivity contribution >= 4 is 34.0 Å². The summed E-state index contributed by atoms with van der Waals surface area (Å²) in [5, 5.41) is 0. The van der Waals surface area contributed by atoms with E-state index in [0.717, 1.165) is 0 Å². The van der Waals surface area contributed by atoms with Crippen LogP contribution in [0.4, 0.5) is 0 Å². The average molecular weight is 292 g/mol. The van der Waals surface area contributed by atoms with Gasteiger partial charge in [0.05, 0.1) is 0 Å². The van der Waals surface area contributed by atoms with Gasteiger partial charge in [-0.1, -0.05) is 0 Å². The normalized spacial score (nSPS) is 14.7. The Morgan fingerprint density at radius 1 is 1.06 bits per heavy atom. The maximum Gasteiger partial charge on any atom is 0.520 e. The van der Waals surface area contributed by atoms with Crippen LogP contribution in [0.1, 0.15) is 27.7 Å². The summed E-state index contributed by atoms with van der Waals surface area (Å²) in [4.78, 5) is 7.78. The van der Waals surface area contributed by atoms with Crippen LogP contribution in [0, 0.1) is 0 Å². The summed E-state index contributed by atoms with van der Waals surface area (Å²) in [5.41, 5.74) is 0. The molecule has 0 amide bonds. The molecular weight excluding hydrogens is 268 g/mol. The first-order chi connectivity index (χ1) is 8.66. The van der Waals surface area contributed by atoms with Crippen LogP contribution in [0.2, 0.25) is 0 Å². The van der Waals surface area contributed by atoms with Crippen molar-refractivity contribution in [2.45, 2.75) is 32.6 Å². The lowest BCUT2D eigenvalue weighted by atomic mass is 10.8. The number of hydrogen-bond donors (Lipinski definition) is 1. The molecular formula is C11H24N2O3SSi. The fraction of sp³-hybridized carbons (Fsp3) is 0.818. The van der Waals surface area contributed by atoms with Gasteiger partial charge in [-0.2, -0.15) is 12.6 Å². The summed E-state index contributed by atoms with van der Waals surface area (Å²) in [7, 11) is -2.81. The molecule has 106 valence electrons. The highest BCUT2D eigenvalue weighted by molar-refractivity contribution is 7.83. The van der Waals surface area contributed by atoms with Crippen LogP contribution in [0.25, 0.3) is 0 Å². The van der Waals surface area contributed by atoms with E-state index in [9.17, 15) is 0 Å². The minimum Gasteiger partial charge on any atom is -0.373 e. The molecule has 0 aliphatic carbocycles. The van der Waals surface area contributed by atoms with Crippen LogP contribution in [0.5, 0.6) is 0 Å². The van der Waals surface area contributed by atoms with E-state index < -0.39 is 8.80 Å². The Kier molecular flexibility index (Phi) is 10.6. The van der Waals surface area contributed by atoms with Crippen molar-refractivity contribution in [3.63, 3.8) is 0 Å². The molecule has 0 fully saturated rings. The van der Waals surface area contributed by atoms with Gasteiger partial charge in [-0.25, -0.2) is 4.99 Å². The highest BCUT2D eigenvalue weighted by Crippen LogP contribution is 2.18. The Balaban J connectivity index is 4.78. The molecule has 0 aromatic carbocycles. The third kappa shape index (κ3) is 6.10. The summed E-state index contributed by atoms with van der Waals surface area (Å²) in [6.07, 6.45) is 3.17. The van der Waals surface area contributed by atoms with Crippen LogP contribution in [-0.2, 0) is 13.3 Å². The predicted molar refractivity (Wildman–Crippen MR) is 80.9 cm³/mol. The molecule has 0 N–H and O–H groups in total. The van der Waals surface area contributed by atoms with Gasteiger partial charge < -0.3 is 13.3 Å².